The van der Waals surface area contributed by atoms with Gasteiger partial charge in [-0.05, 0) is 6.92 Å². The molecule has 0 atom stereocenters. The Morgan fingerprint density at radius 2 is 1.95 bits per heavy atom. The fourth-order valence-electron chi connectivity index (χ4n) is 1.73. The number of ether oxygens (including phenoxy) is 3. The highest BCUT2D eigenvalue weighted by molar-refractivity contribution is 5.49. The third-order valence-electron chi connectivity index (χ3n) is 2.55. The minimum absolute atomic E-state index is 0.221. The number of hydrogen-bond acceptors (Lipinski definition) is 7. The first-order chi connectivity index (χ1) is 9.15. The molecule has 0 saturated heterocycles. The van der Waals surface area contributed by atoms with Gasteiger partial charge in [-0.3, -0.25) is 0 Å². The van der Waals surface area contributed by atoms with Crippen molar-refractivity contribution in [3.05, 3.63) is 11.6 Å². The average molecular weight is 267 g/mol. The highest BCUT2D eigenvalue weighted by Gasteiger charge is 2.14. The molecule has 0 spiro atoms. The zero-order chi connectivity index (χ0) is 13.8. The molecule has 0 bridgehead atoms. The van der Waals surface area contributed by atoms with Gasteiger partial charge in [0.1, 0.15) is 6.10 Å². The molecule has 0 aromatic carbocycles. The third-order valence-corrected chi connectivity index (χ3v) is 2.55. The lowest BCUT2D eigenvalue weighted by atomic mass is 10.3. The van der Waals surface area contributed by atoms with E-state index in [2.05, 4.69) is 15.3 Å². The van der Waals surface area contributed by atoms with Crippen molar-refractivity contribution in [3.63, 3.8) is 0 Å². The van der Waals surface area contributed by atoms with Crippen LogP contribution >= 0.6 is 0 Å². The quantitative estimate of drug-likeness (QED) is 0.790. The number of rotatable bonds is 6. The van der Waals surface area contributed by atoms with Gasteiger partial charge in [0, 0.05) is 25.8 Å². The highest BCUT2D eigenvalue weighted by atomic mass is 16.6. The maximum Gasteiger partial charge on any atom is 0.243 e. The van der Waals surface area contributed by atoms with Crippen LogP contribution in [0.5, 0.6) is 5.88 Å². The van der Waals surface area contributed by atoms with E-state index in [-0.39, 0.29) is 12.1 Å². The van der Waals surface area contributed by atoms with Gasteiger partial charge in [-0.1, -0.05) is 0 Å². The number of hydrogen-bond donors (Lipinski definition) is 1. The van der Waals surface area contributed by atoms with Gasteiger partial charge in [0.15, 0.2) is 5.65 Å². The fraction of sp³-hybridized carbons (Fsp3) is 0.545. The van der Waals surface area contributed by atoms with E-state index >= 15 is 0 Å². The van der Waals surface area contributed by atoms with Crippen molar-refractivity contribution in [2.75, 3.05) is 33.2 Å². The first-order valence-electron chi connectivity index (χ1n) is 5.78. The first-order valence-corrected chi connectivity index (χ1v) is 5.78. The van der Waals surface area contributed by atoms with Crippen molar-refractivity contribution >= 4 is 11.6 Å². The molecular formula is C11H17N5O3. The summed E-state index contributed by atoms with van der Waals surface area (Å²) < 4.78 is 17.3. The van der Waals surface area contributed by atoms with Crippen LogP contribution in [0.1, 0.15) is 5.56 Å². The van der Waals surface area contributed by atoms with Gasteiger partial charge in [0.25, 0.3) is 0 Å². The van der Waals surface area contributed by atoms with E-state index in [0.717, 1.165) is 5.56 Å². The van der Waals surface area contributed by atoms with Crippen molar-refractivity contribution < 1.29 is 14.2 Å². The largest absolute Gasteiger partial charge is 0.468 e. The Balaban J connectivity index is 2.26. The van der Waals surface area contributed by atoms with Crippen molar-refractivity contribution in [3.8, 4) is 5.88 Å². The lowest BCUT2D eigenvalue weighted by Crippen LogP contribution is -2.28. The van der Waals surface area contributed by atoms with Crippen LogP contribution in [0.2, 0.25) is 0 Å². The summed E-state index contributed by atoms with van der Waals surface area (Å²) in [6.45, 7) is 2.70. The van der Waals surface area contributed by atoms with E-state index in [9.17, 15) is 0 Å². The molecule has 2 rings (SSSR count). The molecule has 0 aliphatic rings. The number of nitrogens with two attached hydrogens (primary N) is 1. The second-order valence-corrected chi connectivity index (χ2v) is 4.11. The SMILES string of the molecule is COCC(COC)Oc1cc(C)c2nnc(N)n2n1. The molecule has 0 unspecified atom stereocenters. The molecule has 8 nitrogen and oxygen atoms in total. The molecule has 2 N–H and O–H groups in total. The van der Waals surface area contributed by atoms with E-state index < -0.39 is 0 Å². The van der Waals surface area contributed by atoms with Crippen LogP contribution in [0.3, 0.4) is 0 Å². The molecule has 0 aliphatic heterocycles. The summed E-state index contributed by atoms with van der Waals surface area (Å²) in [5, 5.41) is 11.9. The van der Waals surface area contributed by atoms with Crippen molar-refractivity contribution in [2.45, 2.75) is 13.0 Å². The Bertz CT molecular complexity index is 550. The van der Waals surface area contributed by atoms with E-state index in [1.807, 2.05) is 6.92 Å². The Kier molecular flexibility index (Phi) is 4.13. The Morgan fingerprint density at radius 1 is 1.26 bits per heavy atom. The molecule has 0 radical (unpaired) electrons. The topological polar surface area (TPSA) is 96.8 Å². The molecule has 19 heavy (non-hydrogen) atoms. The van der Waals surface area contributed by atoms with Gasteiger partial charge >= 0.3 is 0 Å². The van der Waals surface area contributed by atoms with Crippen LogP contribution in [0, 0.1) is 6.92 Å². The van der Waals surface area contributed by atoms with Crippen LogP contribution in [0.15, 0.2) is 6.07 Å². The predicted molar refractivity (Wildman–Crippen MR) is 68.1 cm³/mol. The number of aromatic nitrogens is 4. The standard InChI is InChI=1S/C11H17N5O3/c1-7-4-9(19-8(5-17-2)6-18-3)15-16-10(7)13-14-11(16)12/h4,8H,5-6H2,1-3H3,(H2,12,14). The number of fused-ring (bicyclic) bond motifs is 1. The first kappa shape index (κ1) is 13.5. The Labute approximate surface area is 110 Å². The minimum atomic E-state index is -0.239. The minimum Gasteiger partial charge on any atom is -0.468 e. The molecule has 2 heterocycles. The van der Waals surface area contributed by atoms with Gasteiger partial charge in [0.05, 0.1) is 13.2 Å². The zero-order valence-corrected chi connectivity index (χ0v) is 11.2. The summed E-state index contributed by atoms with van der Waals surface area (Å²) in [5.41, 5.74) is 7.17. The van der Waals surface area contributed by atoms with Crippen molar-refractivity contribution in [1.82, 2.24) is 19.8 Å². The molecule has 0 amide bonds. The summed E-state index contributed by atoms with van der Waals surface area (Å²) in [7, 11) is 3.21. The smallest absolute Gasteiger partial charge is 0.243 e. The van der Waals surface area contributed by atoms with Crippen LogP contribution in [-0.2, 0) is 9.47 Å². The van der Waals surface area contributed by atoms with Gasteiger partial charge < -0.3 is 19.9 Å². The molecule has 0 saturated carbocycles. The van der Waals surface area contributed by atoms with Crippen LogP contribution in [-0.4, -0.2) is 53.3 Å². The van der Waals surface area contributed by atoms with Crippen molar-refractivity contribution in [1.29, 1.82) is 0 Å². The predicted octanol–water partition coefficient (Wildman–Crippen LogP) is 0.0551. The highest BCUT2D eigenvalue weighted by Crippen LogP contribution is 2.16. The summed E-state index contributed by atoms with van der Waals surface area (Å²) in [6, 6.07) is 1.78. The summed E-state index contributed by atoms with van der Waals surface area (Å²) in [5.74, 6) is 0.647. The summed E-state index contributed by atoms with van der Waals surface area (Å²) >= 11 is 0. The van der Waals surface area contributed by atoms with E-state index in [4.69, 9.17) is 19.9 Å². The number of methoxy groups -OCH3 is 2. The van der Waals surface area contributed by atoms with Gasteiger partial charge in [-0.15, -0.1) is 15.3 Å². The molecule has 2 aromatic heterocycles. The maximum atomic E-state index is 5.72. The van der Waals surface area contributed by atoms with E-state index in [1.165, 1.54) is 4.52 Å². The number of nitrogen functional groups attached to an aromatic ring is 1. The lowest BCUT2D eigenvalue weighted by molar-refractivity contribution is 0.0215. The van der Waals surface area contributed by atoms with Gasteiger partial charge in [-0.2, -0.15) is 4.52 Å². The normalized spacial score (nSPS) is 11.4. The average Bonchev–Trinajstić information content (AvgIpc) is 2.73. The number of anilines is 1. The Hall–Kier alpha value is -1.93. The second-order valence-electron chi connectivity index (χ2n) is 4.11. The van der Waals surface area contributed by atoms with Crippen LogP contribution in [0.25, 0.3) is 5.65 Å². The molecule has 8 heteroatoms. The third kappa shape index (κ3) is 2.91. The number of aryl methyl sites for hydroxylation is 1. The molecule has 0 aliphatic carbocycles. The summed E-state index contributed by atoms with van der Waals surface area (Å²) in [4.78, 5) is 0. The maximum absolute atomic E-state index is 5.72. The fourth-order valence-corrected chi connectivity index (χ4v) is 1.73. The zero-order valence-electron chi connectivity index (χ0n) is 11.2. The molecule has 0 fully saturated rings. The van der Waals surface area contributed by atoms with Gasteiger partial charge in [0.2, 0.25) is 11.8 Å². The van der Waals surface area contributed by atoms with Crippen LogP contribution < -0.4 is 10.5 Å². The monoisotopic (exact) mass is 267 g/mol. The van der Waals surface area contributed by atoms with Crippen molar-refractivity contribution in [2.24, 2.45) is 0 Å². The molecule has 104 valence electrons. The van der Waals surface area contributed by atoms with Gasteiger partial charge in [-0.25, -0.2) is 0 Å². The summed E-state index contributed by atoms with van der Waals surface area (Å²) in [6.07, 6.45) is -0.239. The second kappa shape index (κ2) is 5.81. The number of nitrogens with zero attached hydrogens (tertiary/aromatic N) is 4. The lowest BCUT2D eigenvalue weighted by Gasteiger charge is -2.17. The Morgan fingerprint density at radius 3 is 2.58 bits per heavy atom. The van der Waals surface area contributed by atoms with E-state index in [0.29, 0.717) is 24.7 Å². The van der Waals surface area contributed by atoms with Crippen LogP contribution in [0.4, 0.5) is 5.95 Å². The molecule has 2 aromatic rings. The molecular weight excluding hydrogens is 250 g/mol. The van der Waals surface area contributed by atoms with E-state index in [1.54, 1.807) is 20.3 Å².